The number of aryl methyl sites for hydroxylation is 1. The molecule has 0 unspecified atom stereocenters. The van der Waals surface area contributed by atoms with Gasteiger partial charge in [-0.1, -0.05) is 5.16 Å². The fourth-order valence-electron chi connectivity index (χ4n) is 2.96. The van der Waals surface area contributed by atoms with Crippen LogP contribution in [0.15, 0.2) is 4.52 Å². The Morgan fingerprint density at radius 2 is 2.04 bits per heavy atom. The Bertz CT molecular complexity index is 596. The molecule has 1 aromatic heterocycles. The van der Waals surface area contributed by atoms with Crippen LogP contribution < -0.4 is 5.32 Å². The highest BCUT2D eigenvalue weighted by molar-refractivity contribution is 5.81. The van der Waals surface area contributed by atoms with Crippen LogP contribution in [-0.2, 0) is 4.79 Å². The average Bonchev–Trinajstić information content (AvgIpc) is 3.28. The smallest absolute Gasteiger partial charge is 0.319 e. The Hall–Kier alpha value is -2.12. The molecule has 1 aromatic rings. The number of carbonyl (C=O) groups is 2. The number of likely N-dealkylation sites (tertiary alicyclic amines) is 1. The zero-order valence-corrected chi connectivity index (χ0v) is 13.8. The third-order valence-electron chi connectivity index (χ3n) is 4.40. The van der Waals surface area contributed by atoms with Crippen LogP contribution in [-0.4, -0.2) is 65.1 Å². The molecule has 0 bridgehead atoms. The van der Waals surface area contributed by atoms with Gasteiger partial charge in [-0.3, -0.25) is 4.79 Å². The molecule has 0 spiro atoms. The predicted molar refractivity (Wildman–Crippen MR) is 81.7 cm³/mol. The second kappa shape index (κ2) is 6.17. The van der Waals surface area contributed by atoms with Crippen LogP contribution in [0.3, 0.4) is 0 Å². The van der Waals surface area contributed by atoms with Crippen LogP contribution in [0.4, 0.5) is 4.79 Å². The lowest BCUT2D eigenvalue weighted by molar-refractivity contribution is -0.123. The highest BCUT2D eigenvalue weighted by atomic mass is 16.5. The van der Waals surface area contributed by atoms with Gasteiger partial charge in [0.2, 0.25) is 11.8 Å². The first-order valence-corrected chi connectivity index (χ1v) is 8.02. The van der Waals surface area contributed by atoms with E-state index in [0.717, 1.165) is 12.8 Å². The summed E-state index contributed by atoms with van der Waals surface area (Å²) in [6.07, 6.45) is 2.59. The van der Waals surface area contributed by atoms with Crippen molar-refractivity contribution in [2.75, 3.05) is 27.2 Å². The molecule has 0 aromatic carbocycles. The standard InChI is InChI=1S/C15H23N5O3/c1-9-16-14(23-18-9)11-6-7-20(15(22)19(2)3)8-12(11)17-13(21)10-4-5-10/h10-12H,4-8H2,1-3H3,(H,17,21)/t11-,12+/m0/s1. The van der Waals surface area contributed by atoms with Crippen LogP contribution in [0, 0.1) is 12.8 Å². The van der Waals surface area contributed by atoms with Crippen molar-refractivity contribution < 1.29 is 14.1 Å². The number of carbonyl (C=O) groups excluding carboxylic acids is 2. The van der Waals surface area contributed by atoms with E-state index in [2.05, 4.69) is 15.5 Å². The SMILES string of the molecule is Cc1noc([C@H]2CCN(C(=O)N(C)C)C[C@H]2NC(=O)C2CC2)n1. The number of urea groups is 1. The Labute approximate surface area is 135 Å². The van der Waals surface area contributed by atoms with Crippen LogP contribution >= 0.6 is 0 Å². The summed E-state index contributed by atoms with van der Waals surface area (Å²) in [5, 5.41) is 6.93. The van der Waals surface area contributed by atoms with Crippen molar-refractivity contribution in [1.29, 1.82) is 0 Å². The summed E-state index contributed by atoms with van der Waals surface area (Å²) >= 11 is 0. The lowest BCUT2D eigenvalue weighted by Crippen LogP contribution is -2.55. The van der Waals surface area contributed by atoms with Gasteiger partial charge in [0.1, 0.15) is 0 Å². The first-order chi connectivity index (χ1) is 11.0. The van der Waals surface area contributed by atoms with E-state index in [-0.39, 0.29) is 29.8 Å². The molecule has 126 valence electrons. The van der Waals surface area contributed by atoms with Gasteiger partial charge in [-0.05, 0) is 26.2 Å². The van der Waals surface area contributed by atoms with Gasteiger partial charge in [0, 0.05) is 33.1 Å². The van der Waals surface area contributed by atoms with E-state index in [9.17, 15) is 9.59 Å². The summed E-state index contributed by atoms with van der Waals surface area (Å²) in [5.74, 6) is 1.26. The van der Waals surface area contributed by atoms with Crippen LogP contribution in [0.1, 0.15) is 36.9 Å². The number of aromatic nitrogens is 2. The summed E-state index contributed by atoms with van der Waals surface area (Å²) in [6.45, 7) is 2.84. The van der Waals surface area contributed by atoms with E-state index in [4.69, 9.17) is 4.52 Å². The second-order valence-corrected chi connectivity index (χ2v) is 6.59. The third-order valence-corrected chi connectivity index (χ3v) is 4.40. The molecule has 0 radical (unpaired) electrons. The van der Waals surface area contributed by atoms with Gasteiger partial charge in [0.25, 0.3) is 0 Å². The molecule has 1 N–H and O–H groups in total. The Kier molecular flexibility index (Phi) is 4.23. The van der Waals surface area contributed by atoms with E-state index in [1.54, 1.807) is 30.8 Å². The normalized spacial score (nSPS) is 24.4. The highest BCUT2D eigenvalue weighted by Gasteiger charge is 2.39. The topological polar surface area (TPSA) is 91.6 Å². The summed E-state index contributed by atoms with van der Waals surface area (Å²) in [7, 11) is 3.46. The van der Waals surface area contributed by atoms with Crippen molar-refractivity contribution >= 4 is 11.9 Å². The molecule has 1 aliphatic carbocycles. The minimum atomic E-state index is -0.194. The molecule has 2 aliphatic rings. The van der Waals surface area contributed by atoms with Crippen molar-refractivity contribution in [3.05, 3.63) is 11.7 Å². The summed E-state index contributed by atoms with van der Waals surface area (Å²) in [5.41, 5.74) is 0. The number of piperidine rings is 1. The number of hydrogen-bond acceptors (Lipinski definition) is 5. The lowest BCUT2D eigenvalue weighted by atomic mass is 9.91. The average molecular weight is 321 g/mol. The number of amides is 3. The third kappa shape index (κ3) is 3.46. The minimum Gasteiger partial charge on any atom is -0.351 e. The zero-order valence-electron chi connectivity index (χ0n) is 13.8. The molecule has 1 saturated carbocycles. The monoisotopic (exact) mass is 321 g/mol. The maximum Gasteiger partial charge on any atom is 0.319 e. The van der Waals surface area contributed by atoms with Gasteiger partial charge in [0.05, 0.1) is 12.0 Å². The molecule has 8 nitrogen and oxygen atoms in total. The Morgan fingerprint density at radius 1 is 1.30 bits per heavy atom. The Morgan fingerprint density at radius 3 is 2.61 bits per heavy atom. The lowest BCUT2D eigenvalue weighted by Gasteiger charge is -2.38. The van der Waals surface area contributed by atoms with Gasteiger partial charge in [-0.15, -0.1) is 0 Å². The molecule has 2 atom stereocenters. The minimum absolute atomic E-state index is 0.0455. The largest absolute Gasteiger partial charge is 0.351 e. The summed E-state index contributed by atoms with van der Waals surface area (Å²) < 4.78 is 5.31. The van der Waals surface area contributed by atoms with Gasteiger partial charge >= 0.3 is 6.03 Å². The molecule has 3 amide bonds. The molecule has 23 heavy (non-hydrogen) atoms. The van der Waals surface area contributed by atoms with Gasteiger partial charge in [-0.25, -0.2) is 4.79 Å². The number of nitrogens with one attached hydrogen (secondary N) is 1. The van der Waals surface area contributed by atoms with Crippen LogP contribution in [0.5, 0.6) is 0 Å². The summed E-state index contributed by atoms with van der Waals surface area (Å²) in [4.78, 5) is 32.0. The molecule has 8 heteroatoms. The van der Waals surface area contributed by atoms with E-state index < -0.39 is 0 Å². The fraction of sp³-hybridized carbons (Fsp3) is 0.733. The van der Waals surface area contributed by atoms with Gasteiger partial charge in [0.15, 0.2) is 5.82 Å². The van der Waals surface area contributed by atoms with E-state index in [0.29, 0.717) is 31.2 Å². The van der Waals surface area contributed by atoms with Crippen molar-refractivity contribution in [2.45, 2.75) is 38.1 Å². The van der Waals surface area contributed by atoms with Crippen molar-refractivity contribution in [2.24, 2.45) is 5.92 Å². The van der Waals surface area contributed by atoms with E-state index in [1.807, 2.05) is 0 Å². The molecule has 1 aliphatic heterocycles. The summed E-state index contributed by atoms with van der Waals surface area (Å²) in [6, 6.07) is -0.239. The Balaban J connectivity index is 1.75. The molecular formula is C15H23N5O3. The van der Waals surface area contributed by atoms with E-state index in [1.165, 1.54) is 0 Å². The van der Waals surface area contributed by atoms with E-state index >= 15 is 0 Å². The maximum atomic E-state index is 12.2. The molecule has 3 rings (SSSR count). The van der Waals surface area contributed by atoms with Gasteiger partial charge in [-0.2, -0.15) is 4.98 Å². The first-order valence-electron chi connectivity index (χ1n) is 8.02. The zero-order chi connectivity index (χ0) is 16.6. The van der Waals surface area contributed by atoms with Crippen LogP contribution in [0.25, 0.3) is 0 Å². The maximum absolute atomic E-state index is 12.2. The number of hydrogen-bond donors (Lipinski definition) is 1. The highest BCUT2D eigenvalue weighted by Crippen LogP contribution is 2.32. The molecule has 1 saturated heterocycles. The van der Waals surface area contributed by atoms with Crippen molar-refractivity contribution in [3.8, 4) is 0 Å². The number of nitrogens with zero attached hydrogens (tertiary/aromatic N) is 4. The molecular weight excluding hydrogens is 298 g/mol. The van der Waals surface area contributed by atoms with Crippen molar-refractivity contribution in [1.82, 2.24) is 25.3 Å². The van der Waals surface area contributed by atoms with Crippen LogP contribution in [0.2, 0.25) is 0 Å². The first kappa shape index (κ1) is 15.8. The quantitative estimate of drug-likeness (QED) is 0.887. The fourth-order valence-corrected chi connectivity index (χ4v) is 2.96. The second-order valence-electron chi connectivity index (χ2n) is 6.59. The predicted octanol–water partition coefficient (Wildman–Crippen LogP) is 0.744. The number of rotatable bonds is 3. The molecule has 2 heterocycles. The van der Waals surface area contributed by atoms with Gasteiger partial charge < -0.3 is 19.6 Å². The molecule has 2 fully saturated rings. The van der Waals surface area contributed by atoms with Crippen molar-refractivity contribution in [3.63, 3.8) is 0 Å².